The lowest BCUT2D eigenvalue weighted by molar-refractivity contribution is -0.114. The number of primary amides is 1. The number of hydrogen-bond acceptors (Lipinski definition) is 3. The molecule has 0 spiro atoms. The molecule has 0 aromatic carbocycles. The Morgan fingerprint density at radius 1 is 1.19 bits per heavy atom. The molecule has 4 nitrogen and oxygen atoms in total. The zero-order valence-corrected chi connectivity index (χ0v) is 10.6. The van der Waals surface area contributed by atoms with Crippen molar-refractivity contribution in [2.75, 3.05) is 13.2 Å². The molecule has 4 heteroatoms. The monoisotopic (exact) mass is 231 g/mol. The van der Waals surface area contributed by atoms with Crippen LogP contribution in [0.4, 0.5) is 0 Å². The molecule has 0 radical (unpaired) electrons. The fourth-order valence-electron chi connectivity index (χ4n) is 0. The predicted molar refractivity (Wildman–Crippen MR) is 69.9 cm³/mol. The van der Waals surface area contributed by atoms with Crippen LogP contribution in [0.5, 0.6) is 0 Å². The van der Waals surface area contributed by atoms with Crippen LogP contribution in [0.25, 0.3) is 0 Å². The van der Waals surface area contributed by atoms with Gasteiger partial charge in [0.1, 0.15) is 0 Å². The van der Waals surface area contributed by atoms with E-state index in [2.05, 4.69) is 19.7 Å². The SMILES string of the molecule is C=C(C)C(N)=O.C=CC.C=CC.OCCO. The zero-order valence-electron chi connectivity index (χ0n) is 10.6. The zero-order chi connectivity index (χ0) is 14.0. The third kappa shape index (κ3) is 130. The Morgan fingerprint density at radius 3 is 1.31 bits per heavy atom. The summed E-state index contributed by atoms with van der Waals surface area (Å²) in [5.74, 6) is -0.435. The second-order valence-corrected chi connectivity index (χ2v) is 2.41. The molecule has 0 heterocycles. The van der Waals surface area contributed by atoms with Crippen LogP contribution < -0.4 is 5.73 Å². The molecule has 0 aliphatic carbocycles. The Balaban J connectivity index is -0.0000000635. The minimum atomic E-state index is -0.435. The topological polar surface area (TPSA) is 83.6 Å². The van der Waals surface area contributed by atoms with Gasteiger partial charge in [-0.2, -0.15) is 0 Å². The molecule has 0 atom stereocenters. The van der Waals surface area contributed by atoms with Crippen molar-refractivity contribution in [3.8, 4) is 0 Å². The van der Waals surface area contributed by atoms with Gasteiger partial charge in [0.2, 0.25) is 5.91 Å². The number of nitrogens with two attached hydrogens (primary N) is 1. The van der Waals surface area contributed by atoms with Crippen molar-refractivity contribution < 1.29 is 15.0 Å². The van der Waals surface area contributed by atoms with E-state index in [1.807, 2.05) is 13.8 Å². The molecule has 0 unspecified atom stereocenters. The highest BCUT2D eigenvalue weighted by molar-refractivity contribution is 5.90. The Labute approximate surface area is 98.8 Å². The number of rotatable bonds is 2. The highest BCUT2D eigenvalue weighted by Gasteiger charge is 1.86. The fourth-order valence-corrected chi connectivity index (χ4v) is 0. The first-order valence-electron chi connectivity index (χ1n) is 4.70. The van der Waals surface area contributed by atoms with Crippen LogP contribution in [0.2, 0.25) is 0 Å². The van der Waals surface area contributed by atoms with E-state index in [1.165, 1.54) is 0 Å². The van der Waals surface area contributed by atoms with Crippen molar-refractivity contribution in [2.24, 2.45) is 5.73 Å². The minimum Gasteiger partial charge on any atom is -0.394 e. The summed E-state index contributed by atoms with van der Waals surface area (Å²) in [5.41, 5.74) is 5.09. The van der Waals surface area contributed by atoms with Crippen LogP contribution in [0.3, 0.4) is 0 Å². The molecule has 0 fully saturated rings. The molecule has 0 saturated carbocycles. The summed E-state index contributed by atoms with van der Waals surface area (Å²) in [6.45, 7) is 15.1. The summed E-state index contributed by atoms with van der Waals surface area (Å²) < 4.78 is 0. The van der Waals surface area contributed by atoms with Crippen molar-refractivity contribution in [1.29, 1.82) is 0 Å². The maximum absolute atomic E-state index is 9.82. The molecule has 0 bridgehead atoms. The van der Waals surface area contributed by atoms with Crippen LogP contribution in [-0.4, -0.2) is 29.3 Å². The van der Waals surface area contributed by atoms with Crippen molar-refractivity contribution in [1.82, 2.24) is 0 Å². The predicted octanol–water partition coefficient (Wildman–Crippen LogP) is 1.40. The molecule has 0 aromatic rings. The number of allylic oxidation sites excluding steroid dienone is 2. The summed E-state index contributed by atoms with van der Waals surface area (Å²) >= 11 is 0. The lowest BCUT2D eigenvalue weighted by Crippen LogP contribution is -2.10. The van der Waals surface area contributed by atoms with Gasteiger partial charge in [0.05, 0.1) is 13.2 Å². The van der Waals surface area contributed by atoms with Gasteiger partial charge in [-0.3, -0.25) is 4.79 Å². The summed E-state index contributed by atoms with van der Waals surface area (Å²) in [7, 11) is 0. The van der Waals surface area contributed by atoms with Crippen LogP contribution >= 0.6 is 0 Å². The molecule has 0 aromatic heterocycles. The van der Waals surface area contributed by atoms with E-state index >= 15 is 0 Å². The van der Waals surface area contributed by atoms with Gasteiger partial charge in [0.15, 0.2) is 0 Å². The number of carbonyl (C=O) groups excluding carboxylic acids is 1. The van der Waals surface area contributed by atoms with Crippen LogP contribution in [0.1, 0.15) is 20.8 Å². The van der Waals surface area contributed by atoms with E-state index in [9.17, 15) is 4.79 Å². The smallest absolute Gasteiger partial charge is 0.243 e. The van der Waals surface area contributed by atoms with E-state index < -0.39 is 5.91 Å². The maximum atomic E-state index is 9.82. The largest absolute Gasteiger partial charge is 0.394 e. The Kier molecular flexibility index (Phi) is 43.9. The second kappa shape index (κ2) is 29.2. The van der Waals surface area contributed by atoms with Gasteiger partial charge in [0, 0.05) is 5.57 Å². The highest BCUT2D eigenvalue weighted by Crippen LogP contribution is 1.78. The molecular weight excluding hydrogens is 206 g/mol. The first-order chi connectivity index (χ1) is 7.39. The second-order valence-electron chi connectivity index (χ2n) is 2.41. The van der Waals surface area contributed by atoms with Gasteiger partial charge in [-0.05, 0) is 20.8 Å². The molecule has 0 rings (SSSR count). The number of hydrogen-bond donors (Lipinski definition) is 3. The average molecular weight is 231 g/mol. The first-order valence-corrected chi connectivity index (χ1v) is 4.70. The third-order valence-corrected chi connectivity index (χ3v) is 0.521. The standard InChI is InChI=1S/C4H7NO.2C3H6.C2H6O2/c1-3(2)4(5)6;2*1-3-2;3-1-2-4/h1H2,2H3,(H2,5,6);2*3H,1H2,2H3;3-4H,1-2H2. The molecule has 96 valence electrons. The molecular formula is C12H25NO3. The normalized spacial score (nSPS) is 6.31. The maximum Gasteiger partial charge on any atom is 0.243 e. The summed E-state index contributed by atoms with van der Waals surface area (Å²) in [4.78, 5) is 9.82. The van der Waals surface area contributed by atoms with Gasteiger partial charge in [-0.1, -0.05) is 18.7 Å². The average Bonchev–Trinajstić information content (AvgIpc) is 2.20. The molecule has 0 saturated heterocycles. The highest BCUT2D eigenvalue weighted by atomic mass is 16.3. The van der Waals surface area contributed by atoms with Gasteiger partial charge in [-0.15, -0.1) is 13.2 Å². The van der Waals surface area contributed by atoms with Crippen molar-refractivity contribution >= 4 is 5.91 Å². The summed E-state index contributed by atoms with van der Waals surface area (Å²) in [6, 6.07) is 0. The molecule has 0 aliphatic rings. The van der Waals surface area contributed by atoms with Crippen molar-refractivity contribution in [3.05, 3.63) is 37.5 Å². The number of aliphatic hydroxyl groups is 2. The third-order valence-electron chi connectivity index (χ3n) is 0.521. The van der Waals surface area contributed by atoms with E-state index in [0.717, 1.165) is 0 Å². The fraction of sp³-hybridized carbons (Fsp3) is 0.417. The first kappa shape index (κ1) is 24.0. The van der Waals surface area contributed by atoms with E-state index in [0.29, 0.717) is 5.57 Å². The van der Waals surface area contributed by atoms with Crippen molar-refractivity contribution in [3.63, 3.8) is 0 Å². The molecule has 0 aliphatic heterocycles. The van der Waals surface area contributed by atoms with Crippen molar-refractivity contribution in [2.45, 2.75) is 20.8 Å². The van der Waals surface area contributed by atoms with E-state index in [1.54, 1.807) is 19.1 Å². The van der Waals surface area contributed by atoms with E-state index in [-0.39, 0.29) is 13.2 Å². The van der Waals surface area contributed by atoms with Gasteiger partial charge < -0.3 is 15.9 Å². The van der Waals surface area contributed by atoms with Gasteiger partial charge in [-0.25, -0.2) is 0 Å². The molecule has 1 amide bonds. The van der Waals surface area contributed by atoms with Crippen LogP contribution in [-0.2, 0) is 4.79 Å². The number of amides is 1. The molecule has 16 heavy (non-hydrogen) atoms. The summed E-state index contributed by atoms with van der Waals surface area (Å²) in [6.07, 6.45) is 3.50. The van der Waals surface area contributed by atoms with Gasteiger partial charge in [0.25, 0.3) is 0 Å². The van der Waals surface area contributed by atoms with Crippen LogP contribution in [0, 0.1) is 0 Å². The Bertz CT molecular complexity index is 157. The number of carbonyl (C=O) groups is 1. The Morgan fingerprint density at radius 2 is 1.31 bits per heavy atom. The lowest BCUT2D eigenvalue weighted by Gasteiger charge is -1.81. The van der Waals surface area contributed by atoms with E-state index in [4.69, 9.17) is 15.9 Å². The quantitative estimate of drug-likeness (QED) is 0.496. The summed E-state index contributed by atoms with van der Waals surface area (Å²) in [5, 5.41) is 15.2. The van der Waals surface area contributed by atoms with Gasteiger partial charge >= 0.3 is 0 Å². The molecule has 4 N–H and O–H groups in total. The Hall–Kier alpha value is -1.39. The lowest BCUT2D eigenvalue weighted by atomic mass is 10.3. The minimum absolute atomic E-state index is 0.125. The number of aliphatic hydroxyl groups excluding tert-OH is 2. The van der Waals surface area contributed by atoms with Crippen LogP contribution in [0.15, 0.2) is 37.5 Å².